The lowest BCUT2D eigenvalue weighted by atomic mass is 10.0. The number of hydrogen-bond acceptors (Lipinski definition) is 8. The molecule has 49 heavy (non-hydrogen) atoms. The number of carbonyl (C=O) groups excluding carboxylic acids is 3. The van der Waals surface area contributed by atoms with Crippen LogP contribution in [0.2, 0.25) is 0 Å². The van der Waals surface area contributed by atoms with Crippen molar-refractivity contribution in [1.29, 1.82) is 0 Å². The van der Waals surface area contributed by atoms with E-state index in [2.05, 4.69) is 32.2 Å². The molecular formula is C40H75N3O5S. The second-order valence-corrected chi connectivity index (χ2v) is 14.2. The van der Waals surface area contributed by atoms with Gasteiger partial charge in [-0.25, -0.2) is 0 Å². The number of esters is 2. The molecule has 0 saturated heterocycles. The molecule has 0 bridgehead atoms. The average molecular weight is 710 g/mol. The molecule has 1 amide bonds. The van der Waals surface area contributed by atoms with E-state index in [9.17, 15) is 14.4 Å². The van der Waals surface area contributed by atoms with Gasteiger partial charge in [0.25, 0.3) is 5.24 Å². The van der Waals surface area contributed by atoms with Crippen molar-refractivity contribution >= 4 is 28.9 Å². The van der Waals surface area contributed by atoms with Gasteiger partial charge in [-0.05, 0) is 57.8 Å². The lowest BCUT2D eigenvalue weighted by Crippen LogP contribution is -2.31. The summed E-state index contributed by atoms with van der Waals surface area (Å²) < 4.78 is 11.4. The number of amides is 1. The predicted octanol–water partition coefficient (Wildman–Crippen LogP) is 10.6. The molecule has 0 saturated carbocycles. The predicted molar refractivity (Wildman–Crippen MR) is 209 cm³/mol. The van der Waals surface area contributed by atoms with Crippen LogP contribution in [0.4, 0.5) is 4.79 Å². The summed E-state index contributed by atoms with van der Waals surface area (Å²) in [6.07, 6.45) is 32.1. The topological polar surface area (TPSA) is 111 Å². The summed E-state index contributed by atoms with van der Waals surface area (Å²) in [7, 11) is 0. The summed E-state index contributed by atoms with van der Waals surface area (Å²) in [6, 6.07) is 0. The molecule has 0 unspecified atom stereocenters. The standard InChI is InChI=1S/C40H75N3O5S/c1-4-7-10-13-16-19-22-35-47-38(44)28-23-33-43(40(46)49-36-25-31-42-32-30-41)34-24-29-39(45)48-37(26-20-17-14-11-8-5-2)27-21-18-15-12-9-6-3/h19,22,30,32,37,42H,4-18,20-21,23-29,31,33-36,41H2,1-3H3/b22-19-,32-30-. The molecule has 0 aromatic heterocycles. The summed E-state index contributed by atoms with van der Waals surface area (Å²) in [5, 5.41) is 3.06. The van der Waals surface area contributed by atoms with E-state index in [1.165, 1.54) is 101 Å². The van der Waals surface area contributed by atoms with Crippen LogP contribution >= 0.6 is 11.8 Å². The second kappa shape index (κ2) is 37.1. The number of allylic oxidation sites excluding steroid dienone is 1. The quantitative estimate of drug-likeness (QED) is 0.0380. The minimum Gasteiger partial charge on any atom is -0.462 e. The summed E-state index contributed by atoms with van der Waals surface area (Å²) in [6.45, 7) is 8.61. The third-order valence-electron chi connectivity index (χ3n) is 8.57. The zero-order chi connectivity index (χ0) is 36.0. The zero-order valence-corrected chi connectivity index (χ0v) is 32.7. The number of ether oxygens (including phenoxy) is 2. The van der Waals surface area contributed by atoms with E-state index >= 15 is 0 Å². The van der Waals surface area contributed by atoms with Gasteiger partial charge in [-0.15, -0.1) is 0 Å². The fourth-order valence-corrected chi connectivity index (χ4v) is 6.43. The van der Waals surface area contributed by atoms with Crippen LogP contribution in [0.3, 0.4) is 0 Å². The molecule has 0 spiro atoms. The molecule has 0 aliphatic heterocycles. The van der Waals surface area contributed by atoms with E-state index in [0.29, 0.717) is 44.7 Å². The molecule has 8 nitrogen and oxygen atoms in total. The van der Waals surface area contributed by atoms with Crippen molar-refractivity contribution in [3.05, 3.63) is 24.6 Å². The van der Waals surface area contributed by atoms with Gasteiger partial charge in [0.15, 0.2) is 0 Å². The Morgan fingerprint density at radius 3 is 1.84 bits per heavy atom. The third kappa shape index (κ3) is 32.8. The van der Waals surface area contributed by atoms with Crippen LogP contribution in [0, 0.1) is 0 Å². The summed E-state index contributed by atoms with van der Waals surface area (Å²) in [4.78, 5) is 40.1. The van der Waals surface area contributed by atoms with Crippen molar-refractivity contribution in [1.82, 2.24) is 10.2 Å². The summed E-state index contributed by atoms with van der Waals surface area (Å²) in [5.74, 6) is 0.261. The Morgan fingerprint density at radius 1 is 0.694 bits per heavy atom. The maximum atomic E-state index is 13.1. The fourth-order valence-electron chi connectivity index (χ4n) is 5.60. The molecule has 0 fully saturated rings. The van der Waals surface area contributed by atoms with E-state index in [0.717, 1.165) is 51.5 Å². The summed E-state index contributed by atoms with van der Waals surface area (Å²) in [5.41, 5.74) is 5.36. The maximum Gasteiger partial charge on any atom is 0.306 e. The van der Waals surface area contributed by atoms with Crippen molar-refractivity contribution in [2.45, 2.75) is 181 Å². The highest BCUT2D eigenvalue weighted by molar-refractivity contribution is 8.13. The zero-order valence-electron chi connectivity index (χ0n) is 31.9. The fraction of sp³-hybridized carbons (Fsp3) is 0.825. The average Bonchev–Trinajstić information content (AvgIpc) is 3.09. The summed E-state index contributed by atoms with van der Waals surface area (Å²) >= 11 is 1.28. The van der Waals surface area contributed by atoms with Crippen molar-refractivity contribution in [3.8, 4) is 0 Å². The first-order chi connectivity index (χ1) is 24.0. The highest BCUT2D eigenvalue weighted by Crippen LogP contribution is 2.18. The molecular weight excluding hydrogens is 635 g/mol. The number of nitrogens with one attached hydrogen (secondary N) is 1. The first kappa shape index (κ1) is 46.8. The number of nitrogens with two attached hydrogens (primary N) is 1. The number of nitrogens with zero attached hydrogens (tertiary/aromatic N) is 1. The Hall–Kier alpha value is -2.16. The molecule has 0 aliphatic carbocycles. The number of carbonyl (C=O) groups is 3. The minimum atomic E-state index is -0.250. The van der Waals surface area contributed by atoms with Gasteiger partial charge < -0.3 is 25.4 Å². The lowest BCUT2D eigenvalue weighted by molar-refractivity contribution is -0.150. The van der Waals surface area contributed by atoms with Gasteiger partial charge in [-0.3, -0.25) is 14.4 Å². The van der Waals surface area contributed by atoms with E-state index in [1.54, 1.807) is 11.1 Å². The Bertz CT molecular complexity index is 823. The monoisotopic (exact) mass is 710 g/mol. The molecule has 0 atom stereocenters. The van der Waals surface area contributed by atoms with Crippen molar-refractivity contribution in [3.63, 3.8) is 0 Å². The number of rotatable bonds is 35. The van der Waals surface area contributed by atoms with Crippen LogP contribution in [0.15, 0.2) is 24.6 Å². The first-order valence-electron chi connectivity index (χ1n) is 20.0. The molecule has 0 aromatic carbocycles. The van der Waals surface area contributed by atoms with E-state index in [1.807, 2.05) is 6.08 Å². The van der Waals surface area contributed by atoms with Gasteiger partial charge in [0.1, 0.15) is 12.7 Å². The van der Waals surface area contributed by atoms with Crippen molar-refractivity contribution in [2.75, 3.05) is 32.0 Å². The minimum absolute atomic E-state index is 0.0113. The van der Waals surface area contributed by atoms with Crippen molar-refractivity contribution < 1.29 is 23.9 Å². The molecule has 0 radical (unpaired) electrons. The number of hydrogen-bond donors (Lipinski definition) is 2. The van der Waals surface area contributed by atoms with E-state index in [-0.39, 0.29) is 29.7 Å². The lowest BCUT2D eigenvalue weighted by Gasteiger charge is -2.22. The van der Waals surface area contributed by atoms with Crippen LogP contribution in [-0.4, -0.2) is 60.2 Å². The first-order valence-corrected chi connectivity index (χ1v) is 21.0. The Labute approximate surface area is 305 Å². The van der Waals surface area contributed by atoms with Gasteiger partial charge in [0, 0.05) is 50.6 Å². The number of thioether (sulfide) groups is 1. The molecule has 0 heterocycles. The van der Waals surface area contributed by atoms with Crippen LogP contribution in [0.1, 0.15) is 175 Å². The van der Waals surface area contributed by atoms with Gasteiger partial charge in [-0.2, -0.15) is 0 Å². The van der Waals surface area contributed by atoms with Crippen LogP contribution in [0.5, 0.6) is 0 Å². The van der Waals surface area contributed by atoms with Gasteiger partial charge in [0.05, 0.1) is 0 Å². The molecule has 286 valence electrons. The maximum absolute atomic E-state index is 13.1. The SMILES string of the molecule is CCCCCC/C=C\COC(=O)CCCN(CCCC(=O)OC(CCCCCCCC)CCCCCCCC)C(=O)SCCCN/C=C\N. The molecule has 0 aromatic rings. The van der Waals surface area contributed by atoms with Gasteiger partial charge in [-0.1, -0.05) is 128 Å². The third-order valence-corrected chi connectivity index (χ3v) is 9.57. The second-order valence-electron chi connectivity index (χ2n) is 13.2. The molecule has 9 heteroatoms. The smallest absolute Gasteiger partial charge is 0.306 e. The van der Waals surface area contributed by atoms with Gasteiger partial charge in [0.2, 0.25) is 0 Å². The van der Waals surface area contributed by atoms with E-state index in [4.69, 9.17) is 15.2 Å². The number of unbranched alkanes of at least 4 members (excludes halogenated alkanes) is 14. The van der Waals surface area contributed by atoms with Crippen LogP contribution in [-0.2, 0) is 19.1 Å². The van der Waals surface area contributed by atoms with Gasteiger partial charge >= 0.3 is 11.9 Å². The Morgan fingerprint density at radius 2 is 1.24 bits per heavy atom. The highest BCUT2D eigenvalue weighted by Gasteiger charge is 2.18. The van der Waals surface area contributed by atoms with Crippen molar-refractivity contribution in [2.24, 2.45) is 5.73 Å². The van der Waals surface area contributed by atoms with E-state index < -0.39 is 0 Å². The van der Waals surface area contributed by atoms with Crippen LogP contribution in [0.25, 0.3) is 0 Å². The highest BCUT2D eigenvalue weighted by atomic mass is 32.2. The van der Waals surface area contributed by atoms with Crippen LogP contribution < -0.4 is 11.1 Å². The Kier molecular flexibility index (Phi) is 35.5. The normalized spacial score (nSPS) is 11.5. The molecule has 3 N–H and O–H groups in total. The largest absolute Gasteiger partial charge is 0.462 e. The molecule has 0 rings (SSSR count). The molecule has 0 aliphatic rings. The Balaban J connectivity index is 4.82.